The summed E-state index contributed by atoms with van der Waals surface area (Å²) in [5.74, 6) is -1.11. The van der Waals surface area contributed by atoms with E-state index in [9.17, 15) is 18.0 Å². The first-order valence-electron chi connectivity index (χ1n) is 9.44. The van der Waals surface area contributed by atoms with E-state index in [4.69, 9.17) is 13.7 Å². The average Bonchev–Trinajstić information content (AvgIpc) is 2.69. The lowest BCUT2D eigenvalue weighted by atomic mass is 9.97. The number of rotatable bonds is 14. The lowest BCUT2D eigenvalue weighted by Gasteiger charge is -2.17. The molecule has 9 heteroatoms. The van der Waals surface area contributed by atoms with E-state index in [0.29, 0.717) is 12.8 Å². The van der Waals surface area contributed by atoms with Gasteiger partial charge in [-0.15, -0.1) is 0 Å². The third-order valence-corrected chi connectivity index (χ3v) is 4.85. The summed E-state index contributed by atoms with van der Waals surface area (Å²) in [5.41, 5.74) is 2.05. The first kappa shape index (κ1) is 25.1. The van der Waals surface area contributed by atoms with Gasteiger partial charge in [-0.25, -0.2) is 9.59 Å². The summed E-state index contributed by atoms with van der Waals surface area (Å²) in [4.78, 5) is 23.3. The lowest BCUT2D eigenvalue weighted by molar-refractivity contribution is -0.160. The maximum atomic E-state index is 12.0. The molecule has 0 aliphatic rings. The molecule has 1 rings (SSSR count). The molecule has 164 valence electrons. The summed E-state index contributed by atoms with van der Waals surface area (Å²) in [7, 11) is -0.851. The van der Waals surface area contributed by atoms with Gasteiger partial charge in [-0.3, -0.25) is 4.18 Å². The normalized spacial score (nSPS) is 12.4. The number of ether oxygens (including phenoxy) is 3. The minimum absolute atomic E-state index is 0.202. The number of aryl methyl sites for hydroxylation is 1. The van der Waals surface area contributed by atoms with Crippen LogP contribution in [0.25, 0.3) is 0 Å². The van der Waals surface area contributed by atoms with Crippen LogP contribution in [0.5, 0.6) is 0 Å². The van der Waals surface area contributed by atoms with E-state index in [2.05, 4.69) is 4.74 Å². The van der Waals surface area contributed by atoms with Crippen LogP contribution in [-0.2, 0) is 50.9 Å². The summed E-state index contributed by atoms with van der Waals surface area (Å²) in [6.07, 6.45) is 4.65. The second kappa shape index (κ2) is 13.3. The zero-order valence-corrected chi connectivity index (χ0v) is 18.0. The fourth-order valence-corrected chi connectivity index (χ4v) is 3.17. The Morgan fingerprint density at radius 1 is 0.966 bits per heavy atom. The molecule has 1 unspecified atom stereocenters. The Morgan fingerprint density at radius 3 is 2.24 bits per heavy atom. The van der Waals surface area contributed by atoms with E-state index in [1.807, 2.05) is 24.3 Å². The van der Waals surface area contributed by atoms with Gasteiger partial charge in [0.2, 0.25) is 0 Å². The molecule has 0 heterocycles. The van der Waals surface area contributed by atoms with Crippen LogP contribution in [0.2, 0.25) is 0 Å². The van der Waals surface area contributed by atoms with Crippen molar-refractivity contribution in [3.8, 4) is 0 Å². The Morgan fingerprint density at radius 2 is 1.62 bits per heavy atom. The zero-order valence-electron chi connectivity index (χ0n) is 17.2. The van der Waals surface area contributed by atoms with Crippen LogP contribution in [-0.4, -0.2) is 60.1 Å². The largest absolute Gasteiger partial charge is 0.467 e. The molecule has 8 nitrogen and oxygen atoms in total. The van der Waals surface area contributed by atoms with Crippen LogP contribution in [0.4, 0.5) is 0 Å². The van der Waals surface area contributed by atoms with Crippen LogP contribution in [0.1, 0.15) is 36.8 Å². The summed E-state index contributed by atoms with van der Waals surface area (Å²) in [5, 5.41) is 0. The van der Waals surface area contributed by atoms with E-state index in [1.165, 1.54) is 14.2 Å². The van der Waals surface area contributed by atoms with Crippen LogP contribution in [0.15, 0.2) is 24.3 Å². The highest BCUT2D eigenvalue weighted by Crippen LogP contribution is 2.17. The van der Waals surface area contributed by atoms with Crippen LogP contribution < -0.4 is 0 Å². The van der Waals surface area contributed by atoms with Crippen molar-refractivity contribution in [1.82, 2.24) is 0 Å². The second-order valence-corrected chi connectivity index (χ2v) is 8.21. The van der Waals surface area contributed by atoms with Crippen LogP contribution >= 0.6 is 0 Å². The van der Waals surface area contributed by atoms with Crippen molar-refractivity contribution in [1.29, 1.82) is 0 Å². The first-order chi connectivity index (χ1) is 13.8. The predicted octanol–water partition coefficient (Wildman–Crippen LogP) is 2.04. The van der Waals surface area contributed by atoms with Gasteiger partial charge in [0, 0.05) is 6.42 Å². The van der Waals surface area contributed by atoms with Crippen molar-refractivity contribution in [2.75, 3.05) is 33.7 Å². The number of methoxy groups -OCH3 is 2. The number of benzene rings is 1. The Balaban J connectivity index is 2.55. The topological polar surface area (TPSA) is 105 Å². The van der Waals surface area contributed by atoms with Gasteiger partial charge in [-0.05, 0) is 30.4 Å². The highest BCUT2D eigenvalue weighted by atomic mass is 32.2. The molecule has 0 aromatic heterocycles. The smallest absolute Gasteiger partial charge is 0.335 e. The molecular weight excluding hydrogens is 400 g/mol. The molecule has 0 radical (unpaired) electrons. The molecule has 1 aromatic carbocycles. The zero-order chi connectivity index (χ0) is 21.7. The minimum atomic E-state index is -3.38. The van der Waals surface area contributed by atoms with Gasteiger partial charge in [0.1, 0.15) is 6.61 Å². The molecule has 0 amide bonds. The maximum absolute atomic E-state index is 12.0. The van der Waals surface area contributed by atoms with Crippen LogP contribution in [0, 0.1) is 0 Å². The van der Waals surface area contributed by atoms with Crippen molar-refractivity contribution < 1.29 is 36.4 Å². The van der Waals surface area contributed by atoms with Gasteiger partial charge < -0.3 is 14.2 Å². The van der Waals surface area contributed by atoms with Crippen molar-refractivity contribution in [2.45, 2.75) is 44.6 Å². The molecule has 0 fully saturated rings. The van der Waals surface area contributed by atoms with Gasteiger partial charge >= 0.3 is 11.9 Å². The third-order valence-electron chi connectivity index (χ3n) is 4.26. The highest BCUT2D eigenvalue weighted by Gasteiger charge is 2.23. The molecule has 0 saturated carbocycles. The summed E-state index contributed by atoms with van der Waals surface area (Å²) in [6, 6.07) is 7.74. The van der Waals surface area contributed by atoms with Crippen molar-refractivity contribution >= 4 is 22.1 Å². The number of carbonyl (C=O) groups is 2. The van der Waals surface area contributed by atoms with Crippen molar-refractivity contribution in [2.24, 2.45) is 0 Å². The Labute approximate surface area is 172 Å². The van der Waals surface area contributed by atoms with E-state index in [0.717, 1.165) is 43.1 Å². The van der Waals surface area contributed by atoms with Gasteiger partial charge in [0.25, 0.3) is 10.1 Å². The summed E-state index contributed by atoms with van der Waals surface area (Å²) < 4.78 is 41.3. The van der Waals surface area contributed by atoms with E-state index < -0.39 is 28.2 Å². The molecule has 0 spiro atoms. The van der Waals surface area contributed by atoms with Crippen molar-refractivity contribution in [3.05, 3.63) is 35.4 Å². The Hall–Kier alpha value is -1.97. The Kier molecular flexibility index (Phi) is 11.5. The molecular formula is C20H30O8S. The maximum Gasteiger partial charge on any atom is 0.335 e. The SMILES string of the molecule is COC(=O)COC(Cc1ccccc1CCCCCCOS(C)(=O)=O)C(=O)OC. The molecule has 29 heavy (non-hydrogen) atoms. The standard InChI is InChI=1S/C20H30O8S/c1-25-19(21)15-27-18(20(22)26-2)14-17-12-8-7-11-16(17)10-6-4-5-9-13-28-29(3,23)24/h7-8,11-12,18H,4-6,9-10,13-15H2,1-3H3. The number of carbonyl (C=O) groups excluding carboxylic acids is 2. The predicted molar refractivity (Wildman–Crippen MR) is 107 cm³/mol. The van der Waals surface area contributed by atoms with E-state index in [-0.39, 0.29) is 13.2 Å². The Bertz CT molecular complexity index is 745. The number of esters is 2. The monoisotopic (exact) mass is 430 g/mol. The van der Waals surface area contributed by atoms with Crippen LogP contribution in [0.3, 0.4) is 0 Å². The second-order valence-electron chi connectivity index (χ2n) is 6.56. The molecule has 0 aliphatic heterocycles. The molecule has 0 N–H and O–H groups in total. The number of hydrogen-bond donors (Lipinski definition) is 0. The average molecular weight is 431 g/mol. The van der Waals surface area contributed by atoms with Gasteiger partial charge in [0.15, 0.2) is 6.10 Å². The molecule has 1 atom stereocenters. The van der Waals surface area contributed by atoms with Gasteiger partial charge in [-0.2, -0.15) is 8.42 Å². The molecule has 1 aromatic rings. The highest BCUT2D eigenvalue weighted by molar-refractivity contribution is 7.85. The van der Waals surface area contributed by atoms with Gasteiger partial charge in [-0.1, -0.05) is 37.1 Å². The number of hydrogen-bond acceptors (Lipinski definition) is 8. The summed E-state index contributed by atoms with van der Waals surface area (Å²) >= 11 is 0. The lowest BCUT2D eigenvalue weighted by Crippen LogP contribution is -2.30. The molecule has 0 aliphatic carbocycles. The molecule has 0 saturated heterocycles. The quantitative estimate of drug-likeness (QED) is 0.251. The summed E-state index contributed by atoms with van der Waals surface area (Å²) in [6.45, 7) is -0.123. The van der Waals surface area contributed by atoms with E-state index in [1.54, 1.807) is 0 Å². The van der Waals surface area contributed by atoms with Gasteiger partial charge in [0.05, 0.1) is 27.1 Å². The molecule has 0 bridgehead atoms. The first-order valence-corrected chi connectivity index (χ1v) is 11.3. The fraction of sp³-hybridized carbons (Fsp3) is 0.600. The van der Waals surface area contributed by atoms with E-state index >= 15 is 0 Å². The van der Waals surface area contributed by atoms with Crippen molar-refractivity contribution in [3.63, 3.8) is 0 Å². The fourth-order valence-electron chi connectivity index (χ4n) is 2.75. The third kappa shape index (κ3) is 11.0. The number of unbranched alkanes of at least 4 members (excludes halogenated alkanes) is 3. The minimum Gasteiger partial charge on any atom is -0.467 e.